The van der Waals surface area contributed by atoms with Crippen molar-refractivity contribution in [1.29, 1.82) is 0 Å². The van der Waals surface area contributed by atoms with Gasteiger partial charge in [0.05, 0.1) is 22.7 Å². The number of carbonyl (C=O) groups is 3. The van der Waals surface area contributed by atoms with Gasteiger partial charge >= 0.3 is 5.97 Å². The zero-order chi connectivity index (χ0) is 20.4. The zero-order valence-corrected chi connectivity index (χ0v) is 19.2. The molecule has 1 heterocycles. The second kappa shape index (κ2) is 8.75. The number of halogens is 2. The molecule has 0 saturated carbocycles. The van der Waals surface area contributed by atoms with E-state index in [2.05, 4.69) is 37.2 Å². The van der Waals surface area contributed by atoms with E-state index >= 15 is 0 Å². The van der Waals surface area contributed by atoms with Gasteiger partial charge < -0.3 is 14.8 Å². The first kappa shape index (κ1) is 21.0. The molecule has 0 atom stereocenters. The number of ether oxygens (including phenoxy) is 2. The van der Waals surface area contributed by atoms with Crippen LogP contribution in [0.2, 0.25) is 0 Å². The Labute approximate surface area is 182 Å². The van der Waals surface area contributed by atoms with Gasteiger partial charge in [-0.2, -0.15) is 0 Å². The fourth-order valence-corrected chi connectivity index (χ4v) is 5.71. The van der Waals surface area contributed by atoms with Crippen molar-refractivity contribution in [1.82, 2.24) is 0 Å². The average molecular weight is 531 g/mol. The zero-order valence-electron chi connectivity index (χ0n) is 15.2. The third-order valence-corrected chi connectivity index (χ3v) is 6.55. The third kappa shape index (κ3) is 4.31. The first-order chi connectivity index (χ1) is 13.3. The smallest absolute Gasteiger partial charge is 0.341 e. The highest BCUT2D eigenvalue weighted by Crippen LogP contribution is 2.39. The van der Waals surface area contributed by atoms with Gasteiger partial charge in [-0.25, -0.2) is 4.79 Å². The average Bonchev–Trinajstić information content (AvgIpc) is 3.20. The van der Waals surface area contributed by atoms with Crippen LogP contribution in [0.15, 0.2) is 21.1 Å². The fraction of sp³-hybridized carbons (Fsp3) is 0.316. The van der Waals surface area contributed by atoms with Crippen molar-refractivity contribution in [2.24, 2.45) is 0 Å². The molecule has 0 fully saturated rings. The molecule has 2 aromatic rings. The van der Waals surface area contributed by atoms with E-state index in [-0.39, 0.29) is 12.4 Å². The molecule has 1 aliphatic rings. The number of thiophene rings is 1. The van der Waals surface area contributed by atoms with Gasteiger partial charge in [0, 0.05) is 9.35 Å². The van der Waals surface area contributed by atoms with Gasteiger partial charge in [0.25, 0.3) is 5.91 Å². The van der Waals surface area contributed by atoms with E-state index in [4.69, 9.17) is 9.47 Å². The minimum Gasteiger partial charge on any atom is -0.482 e. The second-order valence-corrected chi connectivity index (χ2v) is 9.09. The van der Waals surface area contributed by atoms with Crippen LogP contribution in [0.5, 0.6) is 5.75 Å². The summed E-state index contributed by atoms with van der Waals surface area (Å²) in [6, 6.07) is 3.37. The molecule has 148 valence electrons. The number of hydrogen-bond acceptors (Lipinski definition) is 6. The van der Waals surface area contributed by atoms with E-state index in [0.29, 0.717) is 26.4 Å². The van der Waals surface area contributed by atoms with E-state index in [1.54, 1.807) is 12.1 Å². The number of esters is 1. The number of ketones is 1. The number of fused-ring (bicyclic) bond motifs is 1. The van der Waals surface area contributed by atoms with Gasteiger partial charge in [-0.15, -0.1) is 11.3 Å². The van der Waals surface area contributed by atoms with Crippen molar-refractivity contribution in [3.05, 3.63) is 42.6 Å². The van der Waals surface area contributed by atoms with Gasteiger partial charge in [-0.05, 0) is 59.8 Å². The summed E-state index contributed by atoms with van der Waals surface area (Å²) < 4.78 is 11.8. The van der Waals surface area contributed by atoms with Gasteiger partial charge in [-0.3, -0.25) is 9.59 Å². The molecule has 0 unspecified atom stereocenters. The molecule has 0 spiro atoms. The minimum absolute atomic E-state index is 0.180. The van der Waals surface area contributed by atoms with Crippen molar-refractivity contribution < 1.29 is 23.9 Å². The molecule has 1 aromatic heterocycles. The van der Waals surface area contributed by atoms with Gasteiger partial charge in [-0.1, -0.05) is 15.9 Å². The Kier molecular flexibility index (Phi) is 6.57. The van der Waals surface area contributed by atoms with Crippen molar-refractivity contribution in [3.8, 4) is 5.75 Å². The number of nitrogens with one attached hydrogen (secondary N) is 1. The molecule has 3 rings (SSSR count). The number of benzene rings is 1. The van der Waals surface area contributed by atoms with Crippen LogP contribution in [-0.2, 0) is 22.4 Å². The topological polar surface area (TPSA) is 81.7 Å². The molecule has 1 N–H and O–H groups in total. The van der Waals surface area contributed by atoms with E-state index in [9.17, 15) is 14.4 Å². The molecule has 1 aromatic carbocycles. The largest absolute Gasteiger partial charge is 0.482 e. The predicted octanol–water partition coefficient (Wildman–Crippen LogP) is 4.77. The van der Waals surface area contributed by atoms with Crippen LogP contribution in [-0.4, -0.2) is 31.4 Å². The number of Topliss-reactive ketones (excluding diaryl/α,β-unsaturated/α-hetero) is 1. The first-order valence-electron chi connectivity index (χ1n) is 8.47. The molecule has 6 nitrogen and oxygen atoms in total. The molecule has 0 bridgehead atoms. The molecular weight excluding hydrogens is 514 g/mol. The van der Waals surface area contributed by atoms with Crippen LogP contribution in [0.1, 0.15) is 44.5 Å². The maximum atomic E-state index is 12.4. The summed E-state index contributed by atoms with van der Waals surface area (Å²) in [7, 11) is 1.32. The Bertz CT molecular complexity index is 970. The van der Waals surface area contributed by atoms with E-state index in [1.807, 2.05) is 0 Å². The lowest BCUT2D eigenvalue weighted by Crippen LogP contribution is -2.22. The summed E-state index contributed by atoms with van der Waals surface area (Å²) in [5.41, 5.74) is 1.75. The lowest BCUT2D eigenvalue weighted by atomic mass is 10.1. The van der Waals surface area contributed by atoms with Crippen LogP contribution in [0.3, 0.4) is 0 Å². The lowest BCUT2D eigenvalue weighted by Gasteiger charge is -2.13. The number of methoxy groups -OCH3 is 1. The van der Waals surface area contributed by atoms with Crippen LogP contribution >= 0.6 is 43.2 Å². The monoisotopic (exact) mass is 529 g/mol. The number of hydrogen-bond donors (Lipinski definition) is 1. The van der Waals surface area contributed by atoms with Crippen LogP contribution in [0, 0.1) is 0 Å². The number of aryl methyl sites for hydroxylation is 1. The van der Waals surface area contributed by atoms with Gasteiger partial charge in [0.15, 0.2) is 12.4 Å². The van der Waals surface area contributed by atoms with Crippen molar-refractivity contribution in [3.63, 3.8) is 0 Å². The van der Waals surface area contributed by atoms with Crippen LogP contribution < -0.4 is 10.1 Å². The summed E-state index contributed by atoms with van der Waals surface area (Å²) in [6.07, 6.45) is 2.69. The number of anilines is 1. The summed E-state index contributed by atoms with van der Waals surface area (Å²) in [6.45, 7) is 1.13. The fourth-order valence-electron chi connectivity index (χ4n) is 3.08. The highest BCUT2D eigenvalue weighted by molar-refractivity contribution is 9.11. The molecule has 28 heavy (non-hydrogen) atoms. The van der Waals surface area contributed by atoms with Crippen molar-refractivity contribution in [2.75, 3.05) is 19.0 Å². The second-order valence-electron chi connectivity index (χ2n) is 6.21. The van der Waals surface area contributed by atoms with Gasteiger partial charge in [0.1, 0.15) is 10.8 Å². The molecule has 9 heteroatoms. The first-order valence-corrected chi connectivity index (χ1v) is 10.9. The third-order valence-electron chi connectivity index (χ3n) is 4.30. The molecule has 1 amide bonds. The van der Waals surface area contributed by atoms with Crippen molar-refractivity contribution >= 4 is 65.9 Å². The Morgan fingerprint density at radius 1 is 1.21 bits per heavy atom. The predicted molar refractivity (Wildman–Crippen MR) is 114 cm³/mol. The van der Waals surface area contributed by atoms with E-state index < -0.39 is 11.9 Å². The Balaban J connectivity index is 1.76. The summed E-state index contributed by atoms with van der Waals surface area (Å²) >= 11 is 8.08. The maximum Gasteiger partial charge on any atom is 0.341 e. The quantitative estimate of drug-likeness (QED) is 0.430. The SMILES string of the molecule is COC(=O)c1c(NC(=O)COc2c(Br)cc(Br)cc2C(C)=O)sc2c1CCC2. The van der Waals surface area contributed by atoms with Crippen molar-refractivity contribution in [2.45, 2.75) is 26.2 Å². The maximum absolute atomic E-state index is 12.4. The standard InChI is InChI=1S/C19H17Br2NO5S/c1-9(23)12-6-10(20)7-13(21)17(12)27-8-15(24)22-18-16(19(25)26-2)11-4-3-5-14(11)28-18/h6-7H,3-5,8H2,1-2H3,(H,22,24). The number of amides is 1. The Morgan fingerprint density at radius 3 is 2.64 bits per heavy atom. The summed E-state index contributed by atoms with van der Waals surface area (Å²) in [5, 5.41) is 3.23. The highest BCUT2D eigenvalue weighted by atomic mass is 79.9. The van der Waals surface area contributed by atoms with E-state index in [0.717, 1.165) is 34.2 Å². The lowest BCUT2D eigenvalue weighted by molar-refractivity contribution is -0.118. The number of carbonyl (C=O) groups excluding carboxylic acids is 3. The molecule has 0 aliphatic heterocycles. The molecule has 0 radical (unpaired) electrons. The highest BCUT2D eigenvalue weighted by Gasteiger charge is 2.28. The normalized spacial score (nSPS) is 12.4. The summed E-state index contributed by atoms with van der Waals surface area (Å²) in [5.74, 6) is -0.757. The molecule has 1 aliphatic carbocycles. The van der Waals surface area contributed by atoms with E-state index in [1.165, 1.54) is 25.4 Å². The number of rotatable bonds is 6. The Hall–Kier alpha value is -1.71. The van der Waals surface area contributed by atoms with Crippen LogP contribution in [0.4, 0.5) is 5.00 Å². The minimum atomic E-state index is -0.454. The molecular formula is C19H17Br2NO5S. The van der Waals surface area contributed by atoms with Gasteiger partial charge in [0.2, 0.25) is 0 Å². The molecule has 0 saturated heterocycles. The Morgan fingerprint density at radius 2 is 1.96 bits per heavy atom. The van der Waals surface area contributed by atoms with Crippen LogP contribution in [0.25, 0.3) is 0 Å². The summed E-state index contributed by atoms with van der Waals surface area (Å²) in [4.78, 5) is 37.6.